The molecule has 0 N–H and O–H groups in total. The summed E-state index contributed by atoms with van der Waals surface area (Å²) in [4.78, 5) is 17.7. The van der Waals surface area contributed by atoms with Gasteiger partial charge in [0.05, 0.1) is 12.8 Å². The van der Waals surface area contributed by atoms with Crippen LogP contribution in [-0.4, -0.2) is 22.9 Å². The van der Waals surface area contributed by atoms with Crippen LogP contribution in [0.2, 0.25) is 0 Å². The van der Waals surface area contributed by atoms with Gasteiger partial charge in [0.1, 0.15) is 0 Å². The predicted molar refractivity (Wildman–Crippen MR) is 127 cm³/mol. The Labute approximate surface area is 191 Å². The molecule has 1 aromatic heterocycles. The zero-order chi connectivity index (χ0) is 21.8. The van der Waals surface area contributed by atoms with Crippen molar-refractivity contribution in [1.82, 2.24) is 4.98 Å². The van der Waals surface area contributed by atoms with Crippen LogP contribution >= 0.6 is 12.2 Å². The highest BCUT2D eigenvalue weighted by atomic mass is 32.1. The number of ether oxygens (including phenoxy) is 1. The highest BCUT2D eigenvalue weighted by Gasteiger charge is 2.59. The highest BCUT2D eigenvalue weighted by Crippen LogP contribution is 2.66. The standard InChI is InChI=1S/C27H33NO2S/c1-26-13-11-17(25(29)30-3)16-18(26)7-8-19-20-9-10-22(27(20,2)14-12-21(19)26)24(31)23-6-4-5-15-28-23/h4-7,15-16,19-22H,8-14H2,1-3H3/t19-,20-,21-,22+,26-,27-/m0/s1. The SMILES string of the molecule is COC(=O)C1=CC2=CC[C@H]3[C@@H]4CC[C@H](C(=S)c5ccccn5)[C@@]4(C)CC[C@@H]3[C@@]2(C)CC1. The van der Waals surface area contributed by atoms with Crippen LogP contribution in [0.5, 0.6) is 0 Å². The van der Waals surface area contributed by atoms with Crippen LogP contribution in [0.4, 0.5) is 0 Å². The number of hydrogen-bond acceptors (Lipinski definition) is 4. The number of nitrogens with zero attached hydrogens (tertiary/aromatic N) is 1. The lowest BCUT2D eigenvalue weighted by molar-refractivity contribution is -0.136. The smallest absolute Gasteiger partial charge is 0.333 e. The van der Waals surface area contributed by atoms with Crippen LogP contribution in [0, 0.1) is 34.5 Å². The van der Waals surface area contributed by atoms with Gasteiger partial charge in [-0.3, -0.25) is 4.98 Å². The number of carbonyl (C=O) groups excluding carboxylic acids is 1. The lowest BCUT2D eigenvalue weighted by Gasteiger charge is -2.57. The van der Waals surface area contributed by atoms with Gasteiger partial charge >= 0.3 is 5.97 Å². The third-order valence-corrected chi connectivity index (χ3v) is 9.94. The molecule has 4 heteroatoms. The van der Waals surface area contributed by atoms with Gasteiger partial charge in [-0.25, -0.2) is 4.79 Å². The van der Waals surface area contributed by atoms with E-state index >= 15 is 0 Å². The number of hydrogen-bond donors (Lipinski definition) is 0. The quantitative estimate of drug-likeness (QED) is 0.327. The summed E-state index contributed by atoms with van der Waals surface area (Å²) < 4.78 is 5.00. The van der Waals surface area contributed by atoms with Crippen molar-refractivity contribution in [2.75, 3.05) is 7.11 Å². The summed E-state index contributed by atoms with van der Waals surface area (Å²) in [5.41, 5.74) is 3.67. The molecule has 0 aliphatic heterocycles. The van der Waals surface area contributed by atoms with Gasteiger partial charge in [0, 0.05) is 22.6 Å². The number of carbonyl (C=O) groups is 1. The van der Waals surface area contributed by atoms with Crippen molar-refractivity contribution >= 4 is 23.1 Å². The monoisotopic (exact) mass is 435 g/mol. The molecule has 5 rings (SSSR count). The number of thiocarbonyl (C=S) groups is 1. The first-order valence-electron chi connectivity index (χ1n) is 11.8. The van der Waals surface area contributed by atoms with Gasteiger partial charge in [0.25, 0.3) is 0 Å². The zero-order valence-corrected chi connectivity index (χ0v) is 19.7. The zero-order valence-electron chi connectivity index (χ0n) is 18.9. The number of aromatic nitrogens is 1. The topological polar surface area (TPSA) is 39.2 Å². The molecule has 4 aliphatic rings. The van der Waals surface area contributed by atoms with E-state index in [1.54, 1.807) is 0 Å². The summed E-state index contributed by atoms with van der Waals surface area (Å²) >= 11 is 6.00. The van der Waals surface area contributed by atoms with E-state index in [-0.39, 0.29) is 16.8 Å². The predicted octanol–water partition coefficient (Wildman–Crippen LogP) is 6.09. The van der Waals surface area contributed by atoms with Gasteiger partial charge in [0.15, 0.2) is 0 Å². The minimum Gasteiger partial charge on any atom is -0.466 e. The molecule has 2 fully saturated rings. The molecule has 164 valence electrons. The molecule has 0 amide bonds. The largest absolute Gasteiger partial charge is 0.466 e. The van der Waals surface area contributed by atoms with Gasteiger partial charge in [0.2, 0.25) is 0 Å². The third-order valence-electron chi connectivity index (χ3n) is 9.45. The second kappa shape index (κ2) is 7.65. The lowest BCUT2D eigenvalue weighted by atomic mass is 9.47. The number of methoxy groups -OCH3 is 1. The Bertz CT molecular complexity index is 967. The van der Waals surface area contributed by atoms with Gasteiger partial charge < -0.3 is 4.74 Å². The minimum absolute atomic E-state index is 0.164. The normalized spacial score (nSPS) is 38.8. The van der Waals surface area contributed by atoms with Crippen LogP contribution < -0.4 is 0 Å². The molecular weight excluding hydrogens is 402 g/mol. The summed E-state index contributed by atoms with van der Waals surface area (Å²) in [6.45, 7) is 4.96. The molecule has 4 aliphatic carbocycles. The summed E-state index contributed by atoms with van der Waals surface area (Å²) in [5, 5.41) is 0. The Kier molecular flexibility index (Phi) is 5.20. The van der Waals surface area contributed by atoms with Crippen LogP contribution in [0.15, 0.2) is 47.7 Å². The van der Waals surface area contributed by atoms with E-state index in [9.17, 15) is 4.79 Å². The second-order valence-corrected chi connectivity index (χ2v) is 11.0. The van der Waals surface area contributed by atoms with Crippen molar-refractivity contribution in [1.29, 1.82) is 0 Å². The second-order valence-electron chi connectivity index (χ2n) is 10.6. The average Bonchev–Trinajstić information content (AvgIpc) is 3.15. The molecule has 3 nitrogen and oxygen atoms in total. The van der Waals surface area contributed by atoms with Crippen molar-refractivity contribution in [3.05, 3.63) is 53.4 Å². The Balaban J connectivity index is 1.43. The summed E-state index contributed by atoms with van der Waals surface area (Å²) in [6, 6.07) is 6.09. The fourth-order valence-electron chi connectivity index (χ4n) is 7.74. The van der Waals surface area contributed by atoms with E-state index in [1.807, 2.05) is 18.3 Å². The first kappa shape index (κ1) is 21.1. The van der Waals surface area contributed by atoms with E-state index in [4.69, 9.17) is 17.0 Å². The van der Waals surface area contributed by atoms with Gasteiger partial charge in [-0.15, -0.1) is 0 Å². The van der Waals surface area contributed by atoms with Gasteiger partial charge in [-0.05, 0) is 97.3 Å². The van der Waals surface area contributed by atoms with E-state index < -0.39 is 0 Å². The fourth-order valence-corrected chi connectivity index (χ4v) is 8.24. The molecule has 0 aromatic carbocycles. The number of pyridine rings is 1. The van der Waals surface area contributed by atoms with Crippen LogP contribution in [0.25, 0.3) is 0 Å². The molecule has 0 spiro atoms. The van der Waals surface area contributed by atoms with E-state index in [2.05, 4.69) is 37.0 Å². The van der Waals surface area contributed by atoms with E-state index in [0.29, 0.717) is 11.8 Å². The Morgan fingerprint density at radius 3 is 2.74 bits per heavy atom. The lowest BCUT2D eigenvalue weighted by Crippen LogP contribution is -2.50. The number of esters is 1. The Morgan fingerprint density at radius 1 is 1.16 bits per heavy atom. The van der Waals surface area contributed by atoms with Crippen molar-refractivity contribution in [2.45, 2.75) is 58.8 Å². The molecule has 31 heavy (non-hydrogen) atoms. The maximum absolute atomic E-state index is 12.1. The van der Waals surface area contributed by atoms with E-state index in [1.165, 1.54) is 38.4 Å². The molecule has 1 aromatic rings. The molecular formula is C27H33NO2S. The number of fused-ring (bicyclic) bond motifs is 5. The fraction of sp³-hybridized carbons (Fsp3) is 0.593. The van der Waals surface area contributed by atoms with Crippen LogP contribution in [0.3, 0.4) is 0 Å². The summed E-state index contributed by atoms with van der Waals surface area (Å²) in [6.07, 6.45) is 14.4. The van der Waals surface area contributed by atoms with Crippen LogP contribution in [0.1, 0.15) is 64.5 Å². The summed E-state index contributed by atoms with van der Waals surface area (Å²) in [5.74, 6) is 2.43. The van der Waals surface area contributed by atoms with Gasteiger partial charge in [-0.1, -0.05) is 38.2 Å². The van der Waals surface area contributed by atoms with Crippen molar-refractivity contribution in [2.24, 2.45) is 34.5 Å². The molecule has 0 unspecified atom stereocenters. The van der Waals surface area contributed by atoms with Gasteiger partial charge in [-0.2, -0.15) is 0 Å². The van der Waals surface area contributed by atoms with Crippen molar-refractivity contribution in [3.63, 3.8) is 0 Å². The average molecular weight is 436 g/mol. The molecule has 2 saturated carbocycles. The highest BCUT2D eigenvalue weighted by molar-refractivity contribution is 7.80. The Hall–Kier alpha value is -1.81. The first-order valence-corrected chi connectivity index (χ1v) is 12.2. The molecule has 0 saturated heterocycles. The van der Waals surface area contributed by atoms with Crippen molar-refractivity contribution < 1.29 is 9.53 Å². The molecule has 0 bridgehead atoms. The maximum Gasteiger partial charge on any atom is 0.333 e. The Morgan fingerprint density at radius 2 is 2.00 bits per heavy atom. The van der Waals surface area contributed by atoms with Crippen molar-refractivity contribution in [3.8, 4) is 0 Å². The molecule has 0 radical (unpaired) electrons. The molecule has 1 heterocycles. The number of rotatable bonds is 3. The van der Waals surface area contributed by atoms with E-state index in [0.717, 1.165) is 47.2 Å². The number of allylic oxidation sites excluding steroid dienone is 3. The minimum atomic E-state index is -0.164. The summed E-state index contributed by atoms with van der Waals surface area (Å²) in [7, 11) is 1.48. The first-order chi connectivity index (χ1) is 14.9. The molecule has 6 atom stereocenters. The van der Waals surface area contributed by atoms with Crippen LogP contribution in [-0.2, 0) is 9.53 Å². The maximum atomic E-state index is 12.1. The third kappa shape index (κ3) is 3.16.